The highest BCUT2D eigenvalue weighted by atomic mass is 19.1. The van der Waals surface area contributed by atoms with Crippen LogP contribution >= 0.6 is 0 Å². The summed E-state index contributed by atoms with van der Waals surface area (Å²) in [5.74, 6) is -0.195. The van der Waals surface area contributed by atoms with Crippen molar-refractivity contribution in [1.82, 2.24) is 5.32 Å². The van der Waals surface area contributed by atoms with Crippen LogP contribution in [0.5, 0.6) is 0 Å². The van der Waals surface area contributed by atoms with Crippen LogP contribution in [0.1, 0.15) is 12.5 Å². The van der Waals surface area contributed by atoms with Crippen LogP contribution in [0.4, 0.5) is 4.39 Å². The number of halogens is 1. The lowest BCUT2D eigenvalue weighted by Gasteiger charge is -2.06. The molecule has 2 rings (SSSR count). The Balaban J connectivity index is 2.26. The molecule has 0 saturated carbocycles. The highest BCUT2D eigenvalue weighted by molar-refractivity contribution is 5.64. The molecule has 0 atom stereocenters. The topological polar surface area (TPSA) is 12.0 Å². The van der Waals surface area contributed by atoms with E-state index in [1.54, 1.807) is 12.1 Å². The Morgan fingerprint density at radius 3 is 2.41 bits per heavy atom. The fourth-order valence-corrected chi connectivity index (χ4v) is 1.80. The maximum atomic E-state index is 13.1. The lowest BCUT2D eigenvalue weighted by molar-refractivity contribution is 0.628. The molecule has 1 N–H and O–H groups in total. The summed E-state index contributed by atoms with van der Waals surface area (Å²) >= 11 is 0. The van der Waals surface area contributed by atoms with Gasteiger partial charge in [0.25, 0.3) is 0 Å². The van der Waals surface area contributed by atoms with Crippen molar-refractivity contribution in [3.05, 3.63) is 59.9 Å². The monoisotopic (exact) mass is 229 g/mol. The molecule has 0 aromatic heterocycles. The van der Waals surface area contributed by atoms with Crippen LogP contribution in [0.3, 0.4) is 0 Å². The van der Waals surface area contributed by atoms with E-state index in [2.05, 4.69) is 24.4 Å². The second kappa shape index (κ2) is 5.60. The normalized spacial score (nSPS) is 10.5. The van der Waals surface area contributed by atoms with Crippen LogP contribution in [0.25, 0.3) is 11.1 Å². The molecule has 1 nitrogen and oxygen atoms in total. The highest BCUT2D eigenvalue weighted by Crippen LogP contribution is 2.21. The van der Waals surface area contributed by atoms with Crippen molar-refractivity contribution in [3.8, 4) is 11.1 Å². The second-order valence-electron chi connectivity index (χ2n) is 3.99. The molecule has 2 heteroatoms. The molecule has 88 valence electrons. The predicted molar refractivity (Wildman–Crippen MR) is 69.2 cm³/mol. The maximum absolute atomic E-state index is 13.1. The Morgan fingerprint density at radius 1 is 1.00 bits per heavy atom. The fourth-order valence-electron chi connectivity index (χ4n) is 1.80. The third-order valence-corrected chi connectivity index (χ3v) is 2.66. The average Bonchev–Trinajstić information content (AvgIpc) is 2.37. The van der Waals surface area contributed by atoms with E-state index >= 15 is 0 Å². The van der Waals surface area contributed by atoms with E-state index in [0.717, 1.165) is 24.2 Å². The van der Waals surface area contributed by atoms with Gasteiger partial charge in [-0.25, -0.2) is 4.39 Å². The van der Waals surface area contributed by atoms with Crippen molar-refractivity contribution in [2.24, 2.45) is 0 Å². The van der Waals surface area contributed by atoms with Crippen LogP contribution in [-0.2, 0) is 6.54 Å². The van der Waals surface area contributed by atoms with Crippen molar-refractivity contribution < 1.29 is 4.39 Å². The summed E-state index contributed by atoms with van der Waals surface area (Å²) in [4.78, 5) is 0. The molecule has 2 aromatic carbocycles. The van der Waals surface area contributed by atoms with E-state index in [1.807, 2.05) is 18.2 Å². The Hall–Kier alpha value is -1.67. The van der Waals surface area contributed by atoms with Crippen molar-refractivity contribution in [3.63, 3.8) is 0 Å². The van der Waals surface area contributed by atoms with Gasteiger partial charge in [-0.1, -0.05) is 37.3 Å². The minimum absolute atomic E-state index is 0.195. The van der Waals surface area contributed by atoms with Crippen molar-refractivity contribution in [2.75, 3.05) is 6.54 Å². The standard InChI is InChI=1S/C15H16FN/c1-2-17-11-12-5-3-6-13(9-12)14-7-4-8-15(16)10-14/h3-10,17H,2,11H2,1H3. The Labute approximate surface area is 101 Å². The summed E-state index contributed by atoms with van der Waals surface area (Å²) in [6, 6.07) is 14.9. The first kappa shape index (κ1) is 11.8. The van der Waals surface area contributed by atoms with Gasteiger partial charge in [0.2, 0.25) is 0 Å². The molecule has 2 aromatic rings. The van der Waals surface area contributed by atoms with Crippen LogP contribution < -0.4 is 5.32 Å². The van der Waals surface area contributed by atoms with Crippen LogP contribution in [0.15, 0.2) is 48.5 Å². The molecular weight excluding hydrogens is 213 g/mol. The third-order valence-electron chi connectivity index (χ3n) is 2.66. The first-order valence-electron chi connectivity index (χ1n) is 5.85. The molecule has 0 aliphatic heterocycles. The molecule has 0 amide bonds. The van der Waals surface area contributed by atoms with Crippen LogP contribution in [0.2, 0.25) is 0 Å². The molecule has 0 unspecified atom stereocenters. The van der Waals surface area contributed by atoms with Gasteiger partial charge in [-0.15, -0.1) is 0 Å². The number of benzene rings is 2. The third kappa shape index (κ3) is 3.14. The van der Waals surface area contributed by atoms with E-state index < -0.39 is 0 Å². The minimum atomic E-state index is -0.195. The fraction of sp³-hybridized carbons (Fsp3) is 0.200. The maximum Gasteiger partial charge on any atom is 0.123 e. The van der Waals surface area contributed by atoms with E-state index in [0.29, 0.717) is 0 Å². The van der Waals surface area contributed by atoms with Crippen molar-refractivity contribution in [2.45, 2.75) is 13.5 Å². The summed E-state index contributed by atoms with van der Waals surface area (Å²) < 4.78 is 13.1. The summed E-state index contributed by atoms with van der Waals surface area (Å²) in [5.41, 5.74) is 3.19. The smallest absolute Gasteiger partial charge is 0.123 e. The minimum Gasteiger partial charge on any atom is -0.313 e. The van der Waals surface area contributed by atoms with Gasteiger partial charge >= 0.3 is 0 Å². The zero-order valence-electron chi connectivity index (χ0n) is 9.91. The first-order valence-corrected chi connectivity index (χ1v) is 5.85. The predicted octanol–water partition coefficient (Wildman–Crippen LogP) is 3.60. The second-order valence-corrected chi connectivity index (χ2v) is 3.99. The van der Waals surface area contributed by atoms with Gasteiger partial charge in [0, 0.05) is 6.54 Å². The van der Waals surface area contributed by atoms with E-state index in [4.69, 9.17) is 0 Å². The Bertz CT molecular complexity index is 494. The molecule has 0 aliphatic carbocycles. The highest BCUT2D eigenvalue weighted by Gasteiger charge is 2.00. The largest absolute Gasteiger partial charge is 0.313 e. The quantitative estimate of drug-likeness (QED) is 0.844. The summed E-state index contributed by atoms with van der Waals surface area (Å²) in [6.45, 7) is 3.88. The molecule has 0 radical (unpaired) electrons. The molecule has 17 heavy (non-hydrogen) atoms. The number of rotatable bonds is 4. The zero-order valence-corrected chi connectivity index (χ0v) is 9.91. The molecule has 0 spiro atoms. The number of hydrogen-bond donors (Lipinski definition) is 1. The first-order chi connectivity index (χ1) is 8.29. The van der Waals surface area contributed by atoms with Crippen molar-refractivity contribution in [1.29, 1.82) is 0 Å². The lowest BCUT2D eigenvalue weighted by Crippen LogP contribution is -2.11. The van der Waals surface area contributed by atoms with Gasteiger partial charge in [0.05, 0.1) is 0 Å². The summed E-state index contributed by atoms with van der Waals surface area (Å²) in [7, 11) is 0. The molecule has 0 bridgehead atoms. The van der Waals surface area contributed by atoms with E-state index in [-0.39, 0.29) is 5.82 Å². The average molecular weight is 229 g/mol. The molecule has 0 saturated heterocycles. The van der Waals surface area contributed by atoms with E-state index in [9.17, 15) is 4.39 Å². The van der Waals surface area contributed by atoms with Gasteiger partial charge in [0.15, 0.2) is 0 Å². The van der Waals surface area contributed by atoms with E-state index in [1.165, 1.54) is 11.6 Å². The van der Waals surface area contributed by atoms with Gasteiger partial charge in [0.1, 0.15) is 5.82 Å². The van der Waals surface area contributed by atoms with Gasteiger partial charge in [-0.3, -0.25) is 0 Å². The van der Waals surface area contributed by atoms with Crippen LogP contribution in [0, 0.1) is 5.82 Å². The number of hydrogen-bond acceptors (Lipinski definition) is 1. The molecular formula is C15H16FN. The van der Waals surface area contributed by atoms with Crippen molar-refractivity contribution >= 4 is 0 Å². The summed E-state index contributed by atoms with van der Waals surface area (Å²) in [6.07, 6.45) is 0. The van der Waals surface area contributed by atoms with Crippen LogP contribution in [-0.4, -0.2) is 6.54 Å². The zero-order chi connectivity index (χ0) is 12.1. The number of nitrogens with one attached hydrogen (secondary N) is 1. The Morgan fingerprint density at radius 2 is 1.71 bits per heavy atom. The van der Waals surface area contributed by atoms with Gasteiger partial charge < -0.3 is 5.32 Å². The van der Waals surface area contributed by atoms with Gasteiger partial charge in [-0.2, -0.15) is 0 Å². The SMILES string of the molecule is CCNCc1cccc(-c2cccc(F)c2)c1. The lowest BCUT2D eigenvalue weighted by atomic mass is 10.0. The molecule has 0 fully saturated rings. The van der Waals surface area contributed by atoms with Gasteiger partial charge in [-0.05, 0) is 41.4 Å². The molecule has 0 aliphatic rings. The molecule has 0 heterocycles. The Kier molecular flexibility index (Phi) is 3.89. The summed E-state index contributed by atoms with van der Waals surface area (Å²) in [5, 5.41) is 3.28.